The summed E-state index contributed by atoms with van der Waals surface area (Å²) in [6.45, 7) is 0.452. The van der Waals surface area contributed by atoms with Crippen LogP contribution in [0.1, 0.15) is 23.5 Å². The second-order valence-corrected chi connectivity index (χ2v) is 8.18. The van der Waals surface area contributed by atoms with Crippen LogP contribution in [-0.4, -0.2) is 23.1 Å². The molecule has 160 valence electrons. The van der Waals surface area contributed by atoms with Gasteiger partial charge >= 0.3 is 0 Å². The number of fused-ring (bicyclic) bond motifs is 1. The van der Waals surface area contributed by atoms with Crippen molar-refractivity contribution in [2.45, 2.75) is 18.9 Å². The lowest BCUT2D eigenvalue weighted by molar-refractivity contribution is -0.122. The molecule has 5 nitrogen and oxygen atoms in total. The number of nitrogens with zero attached hydrogens (tertiary/aromatic N) is 1. The first kappa shape index (κ1) is 20.1. The van der Waals surface area contributed by atoms with E-state index in [2.05, 4.69) is 10.3 Å². The SMILES string of the molecule is COc1ccc(C2CC2C(=O)NCc2ccc(-c3cccc(O)c3)c3ccncc23)cc1. The van der Waals surface area contributed by atoms with Gasteiger partial charge in [-0.25, -0.2) is 0 Å². The maximum Gasteiger partial charge on any atom is 0.224 e. The maximum absolute atomic E-state index is 12.8. The van der Waals surface area contributed by atoms with Gasteiger partial charge in [0, 0.05) is 30.2 Å². The molecule has 2 unspecified atom stereocenters. The van der Waals surface area contributed by atoms with Crippen molar-refractivity contribution in [2.75, 3.05) is 7.11 Å². The van der Waals surface area contributed by atoms with E-state index in [0.29, 0.717) is 6.54 Å². The first-order valence-corrected chi connectivity index (χ1v) is 10.7. The molecule has 1 aliphatic rings. The first-order valence-electron chi connectivity index (χ1n) is 10.7. The van der Waals surface area contributed by atoms with Crippen LogP contribution in [0.25, 0.3) is 21.9 Å². The van der Waals surface area contributed by atoms with Crippen molar-refractivity contribution in [3.63, 3.8) is 0 Å². The highest BCUT2D eigenvalue weighted by Crippen LogP contribution is 2.47. The fourth-order valence-electron chi connectivity index (χ4n) is 4.35. The quantitative estimate of drug-likeness (QED) is 0.455. The number of ether oxygens (including phenoxy) is 1. The monoisotopic (exact) mass is 424 g/mol. The number of amides is 1. The Morgan fingerprint density at radius 3 is 2.72 bits per heavy atom. The molecule has 0 saturated heterocycles. The van der Waals surface area contributed by atoms with Crippen molar-refractivity contribution in [2.24, 2.45) is 5.92 Å². The van der Waals surface area contributed by atoms with Gasteiger partial charge in [-0.3, -0.25) is 9.78 Å². The molecule has 1 aliphatic carbocycles. The number of hydrogen-bond acceptors (Lipinski definition) is 4. The number of aromatic nitrogens is 1. The number of benzene rings is 3. The minimum Gasteiger partial charge on any atom is -0.508 e. The molecule has 5 heteroatoms. The summed E-state index contributed by atoms with van der Waals surface area (Å²) in [6, 6.07) is 21.2. The second-order valence-electron chi connectivity index (χ2n) is 8.18. The van der Waals surface area contributed by atoms with E-state index in [1.54, 1.807) is 25.4 Å². The summed E-state index contributed by atoms with van der Waals surface area (Å²) < 4.78 is 5.21. The molecule has 2 atom stereocenters. The molecular formula is C27H24N2O3. The van der Waals surface area contributed by atoms with Crippen LogP contribution in [0.4, 0.5) is 0 Å². The Kier molecular flexibility index (Phi) is 5.23. The fourth-order valence-corrected chi connectivity index (χ4v) is 4.35. The van der Waals surface area contributed by atoms with E-state index in [1.807, 2.05) is 60.8 Å². The first-order chi connectivity index (χ1) is 15.6. The van der Waals surface area contributed by atoms with Gasteiger partial charge in [0.15, 0.2) is 0 Å². The molecule has 3 aromatic carbocycles. The minimum absolute atomic E-state index is 0.0133. The Balaban J connectivity index is 1.32. The summed E-state index contributed by atoms with van der Waals surface area (Å²) in [6.07, 6.45) is 4.47. The zero-order valence-corrected chi connectivity index (χ0v) is 17.8. The topological polar surface area (TPSA) is 71.5 Å². The largest absolute Gasteiger partial charge is 0.508 e. The van der Waals surface area contributed by atoms with Crippen molar-refractivity contribution >= 4 is 16.7 Å². The van der Waals surface area contributed by atoms with Crippen molar-refractivity contribution in [3.8, 4) is 22.6 Å². The lowest BCUT2D eigenvalue weighted by atomic mass is 9.96. The zero-order chi connectivity index (χ0) is 22.1. The number of rotatable bonds is 6. The van der Waals surface area contributed by atoms with E-state index in [9.17, 15) is 9.90 Å². The number of methoxy groups -OCH3 is 1. The molecule has 0 aliphatic heterocycles. The summed E-state index contributed by atoms with van der Waals surface area (Å²) in [4.78, 5) is 17.1. The van der Waals surface area contributed by atoms with Crippen LogP contribution >= 0.6 is 0 Å². The van der Waals surface area contributed by atoms with Gasteiger partial charge in [0.05, 0.1) is 7.11 Å². The van der Waals surface area contributed by atoms with Crippen molar-refractivity contribution in [1.82, 2.24) is 10.3 Å². The van der Waals surface area contributed by atoms with Gasteiger partial charge in [-0.1, -0.05) is 36.4 Å². The third-order valence-corrected chi connectivity index (χ3v) is 6.19. The lowest BCUT2D eigenvalue weighted by Gasteiger charge is -2.12. The van der Waals surface area contributed by atoms with Crippen molar-refractivity contribution in [3.05, 3.63) is 90.3 Å². The van der Waals surface area contributed by atoms with Crippen LogP contribution in [0.2, 0.25) is 0 Å². The number of pyridine rings is 1. The highest BCUT2D eigenvalue weighted by Gasteiger charge is 2.43. The smallest absolute Gasteiger partial charge is 0.224 e. The average molecular weight is 425 g/mol. The van der Waals surface area contributed by atoms with E-state index in [-0.39, 0.29) is 23.5 Å². The van der Waals surface area contributed by atoms with E-state index in [0.717, 1.165) is 39.6 Å². The molecule has 1 amide bonds. The van der Waals surface area contributed by atoms with Crippen LogP contribution in [0, 0.1) is 5.92 Å². The summed E-state index contributed by atoms with van der Waals surface area (Å²) in [5.41, 5.74) is 4.16. The Hall–Kier alpha value is -3.86. The van der Waals surface area contributed by atoms with Crippen molar-refractivity contribution in [1.29, 1.82) is 0 Å². The number of nitrogens with one attached hydrogen (secondary N) is 1. The Morgan fingerprint density at radius 2 is 1.94 bits per heavy atom. The third kappa shape index (κ3) is 3.89. The van der Waals surface area contributed by atoms with Crippen molar-refractivity contribution < 1.29 is 14.6 Å². The number of aromatic hydroxyl groups is 1. The van der Waals surface area contributed by atoms with Gasteiger partial charge in [-0.2, -0.15) is 0 Å². The van der Waals surface area contributed by atoms with Gasteiger partial charge in [0.2, 0.25) is 5.91 Å². The zero-order valence-electron chi connectivity index (χ0n) is 17.8. The van der Waals surface area contributed by atoms with Crippen LogP contribution in [-0.2, 0) is 11.3 Å². The molecule has 0 radical (unpaired) electrons. The summed E-state index contributed by atoms with van der Waals surface area (Å²) in [5, 5.41) is 15.0. The Bertz CT molecular complexity index is 1280. The van der Waals surface area contributed by atoms with Gasteiger partial charge in [-0.15, -0.1) is 0 Å². The van der Waals surface area contributed by atoms with Crippen LogP contribution < -0.4 is 10.1 Å². The normalized spacial score (nSPS) is 17.2. The van der Waals surface area contributed by atoms with Gasteiger partial charge in [-0.05, 0) is 70.3 Å². The summed E-state index contributed by atoms with van der Waals surface area (Å²) in [7, 11) is 1.65. The average Bonchev–Trinajstić information content (AvgIpc) is 3.63. The van der Waals surface area contributed by atoms with Gasteiger partial charge < -0.3 is 15.2 Å². The van der Waals surface area contributed by atoms with E-state index < -0.39 is 0 Å². The van der Waals surface area contributed by atoms with Gasteiger partial charge in [0.25, 0.3) is 0 Å². The van der Waals surface area contributed by atoms with E-state index in [4.69, 9.17) is 4.74 Å². The molecule has 0 spiro atoms. The maximum atomic E-state index is 12.8. The highest BCUT2D eigenvalue weighted by atomic mass is 16.5. The second kappa shape index (κ2) is 8.35. The summed E-state index contributed by atoms with van der Waals surface area (Å²) >= 11 is 0. The van der Waals surface area contributed by atoms with E-state index >= 15 is 0 Å². The van der Waals surface area contributed by atoms with Gasteiger partial charge in [0.1, 0.15) is 11.5 Å². The molecular weight excluding hydrogens is 400 g/mol. The Morgan fingerprint density at radius 1 is 1.09 bits per heavy atom. The molecule has 5 rings (SSSR count). The fraction of sp³-hybridized carbons (Fsp3) is 0.185. The molecule has 4 aromatic rings. The third-order valence-electron chi connectivity index (χ3n) is 6.19. The standard InChI is InChI=1S/C27H24N2O3/c1-32-21-8-5-17(6-9-21)24-14-25(24)27(31)29-15-19-7-10-22(18-3-2-4-20(30)13-18)23-11-12-28-16-26(19)23/h2-13,16,24-25,30H,14-15H2,1H3,(H,29,31). The Labute approximate surface area is 186 Å². The molecule has 1 fully saturated rings. The molecule has 32 heavy (non-hydrogen) atoms. The number of phenolic OH excluding ortho intramolecular Hbond substituents is 1. The number of phenols is 1. The van der Waals surface area contributed by atoms with Crippen LogP contribution in [0.5, 0.6) is 11.5 Å². The van der Waals surface area contributed by atoms with Crippen LogP contribution in [0.15, 0.2) is 79.1 Å². The molecule has 1 heterocycles. The number of carbonyl (C=O) groups is 1. The lowest BCUT2D eigenvalue weighted by Crippen LogP contribution is -2.25. The number of carbonyl (C=O) groups excluding carboxylic acids is 1. The minimum atomic E-state index is 0.0133. The van der Waals surface area contributed by atoms with Crippen LogP contribution in [0.3, 0.4) is 0 Å². The molecule has 0 bridgehead atoms. The number of hydrogen-bond donors (Lipinski definition) is 2. The molecule has 2 N–H and O–H groups in total. The predicted octanol–water partition coefficient (Wildman–Crippen LogP) is 5.04. The predicted molar refractivity (Wildman–Crippen MR) is 125 cm³/mol. The molecule has 1 saturated carbocycles. The highest BCUT2D eigenvalue weighted by molar-refractivity contribution is 5.98. The van der Waals surface area contributed by atoms with E-state index in [1.165, 1.54) is 5.56 Å². The summed E-state index contributed by atoms with van der Waals surface area (Å²) in [5.74, 6) is 1.42. The molecule has 1 aromatic heterocycles.